The van der Waals surface area contributed by atoms with Crippen molar-refractivity contribution in [3.63, 3.8) is 0 Å². The molecule has 0 aromatic carbocycles. The largest absolute Gasteiger partial charge is 0.365 e. The molecule has 0 aliphatic heterocycles. The van der Waals surface area contributed by atoms with Crippen LogP contribution in [0.1, 0.15) is 33.6 Å². The van der Waals surface area contributed by atoms with E-state index in [2.05, 4.69) is 29.1 Å². The predicted molar refractivity (Wildman–Crippen MR) is 64.2 cm³/mol. The molecule has 1 heterocycles. The van der Waals surface area contributed by atoms with Crippen LogP contribution in [0.3, 0.4) is 0 Å². The topological polar surface area (TPSA) is 37.8 Å². The molecule has 0 bridgehead atoms. The molecular formula is C11H17ClFN3. The molecule has 0 radical (unpaired) electrons. The Labute approximate surface area is 100 Å². The highest BCUT2D eigenvalue weighted by atomic mass is 35.5. The normalized spacial score (nSPS) is 12.9. The van der Waals surface area contributed by atoms with Gasteiger partial charge >= 0.3 is 0 Å². The lowest BCUT2D eigenvalue weighted by atomic mass is 10.0. The van der Waals surface area contributed by atoms with Gasteiger partial charge in [0.05, 0.1) is 6.20 Å². The summed E-state index contributed by atoms with van der Waals surface area (Å²) in [5.74, 6) is 0.347. The Balaban J connectivity index is 2.55. The lowest BCUT2D eigenvalue weighted by Crippen LogP contribution is -2.18. The van der Waals surface area contributed by atoms with Crippen LogP contribution in [0.2, 0.25) is 5.28 Å². The quantitative estimate of drug-likeness (QED) is 0.807. The summed E-state index contributed by atoms with van der Waals surface area (Å²) < 4.78 is 13.3. The second kappa shape index (κ2) is 5.99. The number of aromatic nitrogens is 2. The van der Waals surface area contributed by atoms with E-state index in [0.717, 1.165) is 19.0 Å². The van der Waals surface area contributed by atoms with E-state index in [9.17, 15) is 4.39 Å². The van der Waals surface area contributed by atoms with Crippen LogP contribution in [0.15, 0.2) is 6.20 Å². The molecule has 0 amide bonds. The van der Waals surface area contributed by atoms with Gasteiger partial charge in [-0.3, -0.25) is 0 Å². The fourth-order valence-corrected chi connectivity index (χ4v) is 1.47. The molecule has 16 heavy (non-hydrogen) atoms. The van der Waals surface area contributed by atoms with Crippen LogP contribution in [-0.2, 0) is 0 Å². The Kier molecular flexibility index (Phi) is 4.93. The molecule has 0 saturated heterocycles. The average molecular weight is 246 g/mol. The third-order valence-corrected chi connectivity index (χ3v) is 2.46. The highest BCUT2D eigenvalue weighted by molar-refractivity contribution is 6.28. The third-order valence-electron chi connectivity index (χ3n) is 2.27. The molecule has 0 aliphatic rings. The van der Waals surface area contributed by atoms with Gasteiger partial charge in [0, 0.05) is 6.04 Å². The number of hydrogen-bond acceptors (Lipinski definition) is 3. The van der Waals surface area contributed by atoms with E-state index in [1.54, 1.807) is 0 Å². The minimum absolute atomic E-state index is 0.0555. The number of nitrogens with one attached hydrogen (secondary N) is 1. The van der Waals surface area contributed by atoms with Crippen molar-refractivity contribution in [3.8, 4) is 0 Å². The van der Waals surface area contributed by atoms with Gasteiger partial charge in [0.15, 0.2) is 11.6 Å². The Morgan fingerprint density at radius 2 is 2.06 bits per heavy atom. The van der Waals surface area contributed by atoms with Crippen molar-refractivity contribution < 1.29 is 4.39 Å². The standard InChI is InChI=1S/C11H17ClFN3/c1-7(2)4-5-8(3)15-10-9(13)6-14-11(12)16-10/h6-8H,4-5H2,1-3H3,(H,14,15,16). The van der Waals surface area contributed by atoms with Crippen molar-refractivity contribution in [1.82, 2.24) is 9.97 Å². The number of hydrogen-bond donors (Lipinski definition) is 1. The molecule has 1 atom stereocenters. The van der Waals surface area contributed by atoms with Crippen molar-refractivity contribution in [2.24, 2.45) is 5.92 Å². The van der Waals surface area contributed by atoms with Crippen LogP contribution < -0.4 is 5.32 Å². The first-order valence-corrected chi connectivity index (χ1v) is 5.81. The van der Waals surface area contributed by atoms with Crippen molar-refractivity contribution in [3.05, 3.63) is 17.3 Å². The average Bonchev–Trinajstić information content (AvgIpc) is 2.20. The van der Waals surface area contributed by atoms with Gasteiger partial charge in [-0.2, -0.15) is 4.98 Å². The van der Waals surface area contributed by atoms with Gasteiger partial charge in [0.1, 0.15) is 0 Å². The summed E-state index contributed by atoms with van der Waals surface area (Å²) >= 11 is 5.60. The maximum absolute atomic E-state index is 13.3. The summed E-state index contributed by atoms with van der Waals surface area (Å²) in [6, 6.07) is 0.169. The van der Waals surface area contributed by atoms with Crippen LogP contribution >= 0.6 is 11.6 Å². The van der Waals surface area contributed by atoms with Gasteiger partial charge in [-0.15, -0.1) is 0 Å². The van der Waals surface area contributed by atoms with E-state index < -0.39 is 5.82 Å². The first kappa shape index (κ1) is 13.2. The van der Waals surface area contributed by atoms with E-state index in [-0.39, 0.29) is 17.1 Å². The van der Waals surface area contributed by atoms with E-state index in [1.165, 1.54) is 0 Å². The second-order valence-corrected chi connectivity index (χ2v) is 4.69. The van der Waals surface area contributed by atoms with Crippen LogP contribution in [-0.4, -0.2) is 16.0 Å². The van der Waals surface area contributed by atoms with Crippen LogP contribution in [0.5, 0.6) is 0 Å². The molecule has 1 rings (SSSR count). The third kappa shape index (κ3) is 4.31. The summed E-state index contributed by atoms with van der Waals surface area (Å²) in [5.41, 5.74) is 0. The van der Waals surface area contributed by atoms with Gasteiger partial charge in [-0.05, 0) is 37.3 Å². The van der Waals surface area contributed by atoms with Crippen molar-refractivity contribution >= 4 is 17.4 Å². The van der Waals surface area contributed by atoms with Crippen molar-refractivity contribution in [2.45, 2.75) is 39.7 Å². The summed E-state index contributed by atoms with van der Waals surface area (Å²) in [6.07, 6.45) is 3.14. The zero-order chi connectivity index (χ0) is 12.1. The van der Waals surface area contributed by atoms with Crippen LogP contribution in [0.4, 0.5) is 10.2 Å². The lowest BCUT2D eigenvalue weighted by Gasteiger charge is -2.15. The Bertz CT molecular complexity index is 344. The number of rotatable bonds is 5. The molecular weight excluding hydrogens is 229 g/mol. The smallest absolute Gasteiger partial charge is 0.224 e. The molecule has 0 spiro atoms. The van der Waals surface area contributed by atoms with E-state index >= 15 is 0 Å². The minimum atomic E-state index is -0.471. The summed E-state index contributed by atoms with van der Waals surface area (Å²) in [7, 11) is 0. The molecule has 1 unspecified atom stereocenters. The van der Waals surface area contributed by atoms with Crippen LogP contribution in [0.25, 0.3) is 0 Å². The monoisotopic (exact) mass is 245 g/mol. The highest BCUT2D eigenvalue weighted by Gasteiger charge is 2.09. The summed E-state index contributed by atoms with van der Waals surface area (Å²) in [5, 5.41) is 3.05. The van der Waals surface area contributed by atoms with Crippen LogP contribution in [0, 0.1) is 11.7 Å². The van der Waals surface area contributed by atoms with Gasteiger partial charge < -0.3 is 5.32 Å². The fourth-order valence-electron chi connectivity index (χ4n) is 1.34. The number of nitrogens with zero attached hydrogens (tertiary/aromatic N) is 2. The first-order chi connectivity index (χ1) is 7.49. The molecule has 5 heteroatoms. The molecule has 0 aliphatic carbocycles. The van der Waals surface area contributed by atoms with Gasteiger partial charge in [-0.25, -0.2) is 9.37 Å². The van der Waals surface area contributed by atoms with Gasteiger partial charge in [0.2, 0.25) is 5.28 Å². The molecule has 1 N–H and O–H groups in total. The van der Waals surface area contributed by atoms with Crippen molar-refractivity contribution in [2.75, 3.05) is 5.32 Å². The van der Waals surface area contributed by atoms with E-state index in [0.29, 0.717) is 5.92 Å². The number of halogens is 2. The predicted octanol–water partition coefficient (Wildman–Crippen LogP) is 3.51. The molecule has 90 valence electrons. The molecule has 1 aromatic rings. The fraction of sp³-hybridized carbons (Fsp3) is 0.636. The molecule has 1 aromatic heterocycles. The summed E-state index contributed by atoms with van der Waals surface area (Å²) in [4.78, 5) is 7.37. The zero-order valence-corrected chi connectivity index (χ0v) is 10.6. The van der Waals surface area contributed by atoms with E-state index in [4.69, 9.17) is 11.6 Å². The van der Waals surface area contributed by atoms with Crippen molar-refractivity contribution in [1.29, 1.82) is 0 Å². The number of anilines is 1. The molecule has 0 saturated carbocycles. The lowest BCUT2D eigenvalue weighted by molar-refractivity contribution is 0.524. The van der Waals surface area contributed by atoms with Gasteiger partial charge in [-0.1, -0.05) is 13.8 Å². The summed E-state index contributed by atoms with van der Waals surface area (Å²) in [6.45, 7) is 6.32. The Morgan fingerprint density at radius 3 is 2.69 bits per heavy atom. The minimum Gasteiger partial charge on any atom is -0.365 e. The second-order valence-electron chi connectivity index (χ2n) is 4.35. The maximum atomic E-state index is 13.3. The van der Waals surface area contributed by atoms with E-state index in [1.807, 2.05) is 6.92 Å². The van der Waals surface area contributed by atoms with Gasteiger partial charge in [0.25, 0.3) is 0 Å². The first-order valence-electron chi connectivity index (χ1n) is 5.43. The zero-order valence-electron chi connectivity index (χ0n) is 9.80. The SMILES string of the molecule is CC(C)CCC(C)Nc1nc(Cl)ncc1F. The molecule has 0 fully saturated rings. The maximum Gasteiger partial charge on any atom is 0.224 e. The Morgan fingerprint density at radius 1 is 1.38 bits per heavy atom. The molecule has 3 nitrogen and oxygen atoms in total. The highest BCUT2D eigenvalue weighted by Crippen LogP contribution is 2.15. The Hall–Kier alpha value is -0.900.